The van der Waals surface area contributed by atoms with Gasteiger partial charge in [-0.05, 0) is 69.1 Å². The third-order valence-electron chi connectivity index (χ3n) is 6.62. The predicted molar refractivity (Wildman–Crippen MR) is 164 cm³/mol. The van der Waals surface area contributed by atoms with Crippen molar-refractivity contribution in [2.24, 2.45) is 0 Å². The molecule has 0 radical (unpaired) electrons. The highest BCUT2D eigenvalue weighted by Crippen LogP contribution is 2.45. The Hall–Kier alpha value is -3.60. The maximum Gasteiger partial charge on any atom is 0.128 e. The van der Waals surface area contributed by atoms with Crippen LogP contribution in [0.25, 0.3) is 32.7 Å². The SMILES string of the molecule is Brc1ccc(COc2ccc3ccccc3c2-c2c(OCc3cccc(Br)c3)ccc3ccccc23)cc1. The van der Waals surface area contributed by atoms with Gasteiger partial charge in [0.25, 0.3) is 0 Å². The molecule has 0 saturated carbocycles. The van der Waals surface area contributed by atoms with Crippen LogP contribution >= 0.6 is 31.9 Å². The topological polar surface area (TPSA) is 18.5 Å². The fourth-order valence-corrected chi connectivity index (χ4v) is 5.50. The summed E-state index contributed by atoms with van der Waals surface area (Å²) in [5, 5.41) is 4.57. The fourth-order valence-electron chi connectivity index (χ4n) is 4.79. The molecule has 6 rings (SSSR count). The molecule has 0 heterocycles. The average Bonchev–Trinajstić information content (AvgIpc) is 2.95. The van der Waals surface area contributed by atoms with Gasteiger partial charge in [-0.3, -0.25) is 0 Å². The normalized spacial score (nSPS) is 11.1. The number of hydrogen-bond donors (Lipinski definition) is 0. The molecule has 0 fully saturated rings. The smallest absolute Gasteiger partial charge is 0.128 e. The van der Waals surface area contributed by atoms with Crippen molar-refractivity contribution in [1.29, 1.82) is 0 Å². The van der Waals surface area contributed by atoms with E-state index in [4.69, 9.17) is 9.47 Å². The van der Waals surface area contributed by atoms with E-state index in [1.165, 1.54) is 0 Å². The lowest BCUT2D eigenvalue weighted by atomic mass is 9.92. The molecule has 0 spiro atoms. The molecule has 0 aliphatic heterocycles. The molecule has 0 unspecified atom stereocenters. The number of hydrogen-bond acceptors (Lipinski definition) is 2. The maximum absolute atomic E-state index is 6.54. The average molecular weight is 624 g/mol. The lowest BCUT2D eigenvalue weighted by Crippen LogP contribution is -2.01. The first-order chi connectivity index (χ1) is 18.7. The molecular formula is C34H24Br2O2. The first kappa shape index (κ1) is 24.7. The second-order valence-electron chi connectivity index (χ2n) is 9.15. The van der Waals surface area contributed by atoms with E-state index in [2.05, 4.69) is 129 Å². The van der Waals surface area contributed by atoms with Crippen molar-refractivity contribution < 1.29 is 9.47 Å². The van der Waals surface area contributed by atoms with E-state index in [0.29, 0.717) is 13.2 Å². The molecule has 186 valence electrons. The number of ether oxygens (including phenoxy) is 2. The zero-order valence-electron chi connectivity index (χ0n) is 20.5. The van der Waals surface area contributed by atoms with Gasteiger partial charge in [-0.15, -0.1) is 0 Å². The van der Waals surface area contributed by atoms with Crippen molar-refractivity contribution in [2.75, 3.05) is 0 Å². The first-order valence-electron chi connectivity index (χ1n) is 12.4. The number of fused-ring (bicyclic) bond motifs is 2. The van der Waals surface area contributed by atoms with Crippen LogP contribution in [0.2, 0.25) is 0 Å². The number of rotatable bonds is 7. The van der Waals surface area contributed by atoms with Crippen molar-refractivity contribution >= 4 is 53.4 Å². The third kappa shape index (κ3) is 5.20. The zero-order valence-corrected chi connectivity index (χ0v) is 23.7. The molecule has 0 aliphatic rings. The Balaban J connectivity index is 1.51. The van der Waals surface area contributed by atoms with Crippen molar-refractivity contribution in [2.45, 2.75) is 13.2 Å². The van der Waals surface area contributed by atoms with Gasteiger partial charge in [0.1, 0.15) is 24.7 Å². The summed E-state index contributed by atoms with van der Waals surface area (Å²) in [6, 6.07) is 41.8. The van der Waals surface area contributed by atoms with Crippen LogP contribution in [0.4, 0.5) is 0 Å². The van der Waals surface area contributed by atoms with Crippen molar-refractivity contribution in [3.63, 3.8) is 0 Å². The van der Waals surface area contributed by atoms with Crippen molar-refractivity contribution in [1.82, 2.24) is 0 Å². The highest BCUT2D eigenvalue weighted by Gasteiger charge is 2.19. The van der Waals surface area contributed by atoms with Crippen LogP contribution in [0.1, 0.15) is 11.1 Å². The molecule has 0 saturated heterocycles. The largest absolute Gasteiger partial charge is 0.488 e. The molecule has 0 aliphatic carbocycles. The Morgan fingerprint density at radius 3 is 1.58 bits per heavy atom. The number of benzene rings is 6. The van der Waals surface area contributed by atoms with Gasteiger partial charge in [0.2, 0.25) is 0 Å². The summed E-state index contributed by atoms with van der Waals surface area (Å²) in [4.78, 5) is 0. The van der Waals surface area contributed by atoms with Crippen molar-refractivity contribution in [3.8, 4) is 22.6 Å². The summed E-state index contributed by atoms with van der Waals surface area (Å²) in [7, 11) is 0. The van der Waals surface area contributed by atoms with Gasteiger partial charge in [-0.25, -0.2) is 0 Å². The van der Waals surface area contributed by atoms with Crippen LogP contribution in [0.5, 0.6) is 11.5 Å². The molecule has 0 bridgehead atoms. The minimum atomic E-state index is 0.463. The predicted octanol–water partition coefficient (Wildman–Crippen LogP) is 10.3. The molecule has 38 heavy (non-hydrogen) atoms. The Kier molecular flexibility index (Phi) is 7.17. The first-order valence-corrected chi connectivity index (χ1v) is 14.0. The van der Waals surface area contributed by atoms with E-state index in [-0.39, 0.29) is 0 Å². The van der Waals surface area contributed by atoms with Crippen LogP contribution < -0.4 is 9.47 Å². The standard InChI is InChI=1S/C34H24Br2O2/c35-27-16-12-23(13-17-27)21-37-31-18-14-25-7-1-3-10-29(25)33(31)34-30-11-4-2-8-26(30)15-19-32(34)38-22-24-6-5-9-28(36)20-24/h1-20H,21-22H2. The highest BCUT2D eigenvalue weighted by atomic mass is 79.9. The van der Waals surface area contributed by atoms with Crippen LogP contribution in [-0.4, -0.2) is 0 Å². The summed E-state index contributed by atoms with van der Waals surface area (Å²) in [5.41, 5.74) is 4.29. The van der Waals surface area contributed by atoms with Gasteiger partial charge >= 0.3 is 0 Å². The fraction of sp³-hybridized carbons (Fsp3) is 0.0588. The Morgan fingerprint density at radius 2 is 1.00 bits per heavy atom. The van der Waals surface area contributed by atoms with Gasteiger partial charge in [-0.1, -0.05) is 117 Å². The van der Waals surface area contributed by atoms with Gasteiger partial charge < -0.3 is 9.47 Å². The van der Waals surface area contributed by atoms with E-state index >= 15 is 0 Å². The van der Waals surface area contributed by atoms with E-state index in [0.717, 1.165) is 64.2 Å². The van der Waals surface area contributed by atoms with Crippen LogP contribution in [0, 0.1) is 0 Å². The molecule has 0 atom stereocenters. The third-order valence-corrected chi connectivity index (χ3v) is 7.64. The molecule has 4 heteroatoms. The van der Waals surface area contributed by atoms with Crippen molar-refractivity contribution in [3.05, 3.63) is 141 Å². The summed E-state index contributed by atoms with van der Waals surface area (Å²) in [6.07, 6.45) is 0. The van der Waals surface area contributed by atoms with Gasteiger partial charge in [0, 0.05) is 20.1 Å². The highest BCUT2D eigenvalue weighted by molar-refractivity contribution is 9.10. The molecule has 0 amide bonds. The van der Waals surface area contributed by atoms with E-state index < -0.39 is 0 Å². The summed E-state index contributed by atoms with van der Waals surface area (Å²) in [5.74, 6) is 1.66. The minimum Gasteiger partial charge on any atom is -0.488 e. The molecule has 2 nitrogen and oxygen atoms in total. The quantitative estimate of drug-likeness (QED) is 0.176. The second-order valence-corrected chi connectivity index (χ2v) is 11.0. The lowest BCUT2D eigenvalue weighted by Gasteiger charge is -2.20. The van der Waals surface area contributed by atoms with E-state index in [1.54, 1.807) is 0 Å². The number of halogens is 2. The maximum atomic E-state index is 6.54. The Morgan fingerprint density at radius 1 is 0.447 bits per heavy atom. The molecule has 0 aromatic heterocycles. The van der Waals surface area contributed by atoms with E-state index in [1.807, 2.05) is 24.3 Å². The van der Waals surface area contributed by atoms with Gasteiger partial charge in [-0.2, -0.15) is 0 Å². The van der Waals surface area contributed by atoms with Crippen LogP contribution in [0.3, 0.4) is 0 Å². The van der Waals surface area contributed by atoms with Crippen LogP contribution in [0.15, 0.2) is 130 Å². The zero-order chi connectivity index (χ0) is 25.9. The molecule has 6 aromatic rings. The lowest BCUT2D eigenvalue weighted by molar-refractivity contribution is 0.303. The second kappa shape index (κ2) is 11.0. The molecular weight excluding hydrogens is 600 g/mol. The van der Waals surface area contributed by atoms with Gasteiger partial charge in [0.15, 0.2) is 0 Å². The monoisotopic (exact) mass is 622 g/mol. The summed E-state index contributed by atoms with van der Waals surface area (Å²) >= 11 is 7.09. The molecule has 6 aromatic carbocycles. The minimum absolute atomic E-state index is 0.463. The Bertz CT molecular complexity index is 1740. The van der Waals surface area contributed by atoms with Crippen LogP contribution in [-0.2, 0) is 13.2 Å². The molecule has 0 N–H and O–H groups in total. The van der Waals surface area contributed by atoms with E-state index in [9.17, 15) is 0 Å². The van der Waals surface area contributed by atoms with Gasteiger partial charge in [0.05, 0.1) is 0 Å². The summed E-state index contributed by atoms with van der Waals surface area (Å²) in [6.45, 7) is 0.933. The Labute approximate surface area is 239 Å². The summed E-state index contributed by atoms with van der Waals surface area (Å²) < 4.78 is 15.2.